The van der Waals surface area contributed by atoms with E-state index in [2.05, 4.69) is 30.5 Å². The van der Waals surface area contributed by atoms with Gasteiger partial charge < -0.3 is 15.5 Å². The summed E-state index contributed by atoms with van der Waals surface area (Å²) in [6, 6.07) is 7.97. The average Bonchev–Trinajstić information content (AvgIpc) is 3.01. The molecule has 0 amide bonds. The van der Waals surface area contributed by atoms with Crippen LogP contribution in [0.4, 0.5) is 17.5 Å². The Kier molecular flexibility index (Phi) is 4.58. The smallest absolute Gasteiger partial charge is 0.134 e. The van der Waals surface area contributed by atoms with E-state index in [1.807, 2.05) is 25.2 Å². The molecule has 7 heteroatoms. The first-order valence-electron chi connectivity index (χ1n) is 7.39. The van der Waals surface area contributed by atoms with Crippen molar-refractivity contribution in [2.24, 2.45) is 0 Å². The van der Waals surface area contributed by atoms with Crippen molar-refractivity contribution in [2.45, 2.75) is 18.9 Å². The van der Waals surface area contributed by atoms with Gasteiger partial charge in [0, 0.05) is 32.2 Å². The van der Waals surface area contributed by atoms with Gasteiger partial charge in [0.2, 0.25) is 0 Å². The van der Waals surface area contributed by atoms with Crippen molar-refractivity contribution in [3.05, 3.63) is 35.7 Å². The van der Waals surface area contributed by atoms with Gasteiger partial charge in [-0.2, -0.15) is 0 Å². The molecule has 1 atom stereocenters. The average molecular weight is 319 g/mol. The molecular weight excluding hydrogens is 300 g/mol. The lowest BCUT2D eigenvalue weighted by Gasteiger charge is -2.26. The van der Waals surface area contributed by atoms with Gasteiger partial charge in [-0.3, -0.25) is 0 Å². The maximum atomic E-state index is 5.91. The van der Waals surface area contributed by atoms with E-state index < -0.39 is 0 Å². The first-order chi connectivity index (χ1) is 10.8. The summed E-state index contributed by atoms with van der Waals surface area (Å²) in [5.74, 6) is 2.60. The highest BCUT2D eigenvalue weighted by Gasteiger charge is 2.25. The fourth-order valence-electron chi connectivity index (χ4n) is 2.72. The predicted molar refractivity (Wildman–Crippen MR) is 89.7 cm³/mol. The highest BCUT2D eigenvalue weighted by Crippen LogP contribution is 2.25. The van der Waals surface area contributed by atoms with E-state index in [0.717, 1.165) is 43.4 Å². The molecule has 3 rings (SSSR count). The van der Waals surface area contributed by atoms with Crippen LogP contribution in [0.1, 0.15) is 12.8 Å². The van der Waals surface area contributed by atoms with Crippen molar-refractivity contribution >= 4 is 29.1 Å². The highest BCUT2D eigenvalue weighted by atomic mass is 35.5. The quantitative estimate of drug-likeness (QED) is 0.826. The van der Waals surface area contributed by atoms with Crippen LogP contribution in [0.3, 0.4) is 0 Å². The third-order valence-corrected chi connectivity index (χ3v) is 4.02. The maximum absolute atomic E-state index is 5.91. The second kappa shape index (κ2) is 6.79. The summed E-state index contributed by atoms with van der Waals surface area (Å²) in [6.45, 7) is 1.82. The minimum atomic E-state index is 0.389. The summed E-state index contributed by atoms with van der Waals surface area (Å²) in [5, 5.41) is 6.91. The predicted octanol–water partition coefficient (Wildman–Crippen LogP) is 2.65. The maximum Gasteiger partial charge on any atom is 0.134 e. The van der Waals surface area contributed by atoms with E-state index in [9.17, 15) is 0 Å². The Bertz CT molecular complexity index is 635. The van der Waals surface area contributed by atoms with Crippen LogP contribution in [-0.4, -0.2) is 41.1 Å². The molecule has 0 spiro atoms. The summed E-state index contributed by atoms with van der Waals surface area (Å²) in [7, 11) is 1.86. The number of pyridine rings is 1. The van der Waals surface area contributed by atoms with Crippen LogP contribution in [0.2, 0.25) is 5.15 Å². The summed E-state index contributed by atoms with van der Waals surface area (Å²) >= 11 is 5.91. The van der Waals surface area contributed by atoms with Crippen molar-refractivity contribution < 1.29 is 0 Å². The van der Waals surface area contributed by atoms with E-state index in [-0.39, 0.29) is 0 Å². The van der Waals surface area contributed by atoms with Crippen molar-refractivity contribution in [2.75, 3.05) is 35.7 Å². The summed E-state index contributed by atoms with van der Waals surface area (Å²) in [4.78, 5) is 15.1. The summed E-state index contributed by atoms with van der Waals surface area (Å²) in [5.41, 5.74) is 0. The molecular formula is C15H19ClN6. The number of hydrogen-bond acceptors (Lipinski definition) is 6. The molecule has 2 aromatic rings. The lowest BCUT2D eigenvalue weighted by atomic mass is 10.2. The van der Waals surface area contributed by atoms with Crippen LogP contribution >= 0.6 is 11.6 Å². The second-order valence-electron chi connectivity index (χ2n) is 5.23. The van der Waals surface area contributed by atoms with E-state index >= 15 is 0 Å². The molecule has 0 aliphatic carbocycles. The first kappa shape index (κ1) is 14.8. The number of halogens is 1. The molecule has 1 saturated heterocycles. The van der Waals surface area contributed by atoms with Crippen molar-refractivity contribution in [1.82, 2.24) is 15.0 Å². The zero-order chi connectivity index (χ0) is 15.4. The number of rotatable bonds is 5. The summed E-state index contributed by atoms with van der Waals surface area (Å²) < 4.78 is 0. The molecule has 116 valence electrons. The molecule has 2 N–H and O–H groups in total. The molecule has 1 aliphatic heterocycles. The Morgan fingerprint density at radius 1 is 1.32 bits per heavy atom. The van der Waals surface area contributed by atoms with Crippen LogP contribution in [0.15, 0.2) is 30.6 Å². The first-order valence-corrected chi connectivity index (χ1v) is 7.77. The monoisotopic (exact) mass is 318 g/mol. The van der Waals surface area contributed by atoms with Crippen molar-refractivity contribution in [1.29, 1.82) is 0 Å². The lowest BCUT2D eigenvalue weighted by Crippen LogP contribution is -2.35. The van der Waals surface area contributed by atoms with Gasteiger partial charge in [0.1, 0.15) is 28.9 Å². The molecule has 2 aromatic heterocycles. The fraction of sp³-hybridized carbons (Fsp3) is 0.400. The van der Waals surface area contributed by atoms with E-state index in [0.29, 0.717) is 11.2 Å². The molecule has 1 unspecified atom stereocenters. The van der Waals surface area contributed by atoms with Gasteiger partial charge in [0.15, 0.2) is 0 Å². The highest BCUT2D eigenvalue weighted by molar-refractivity contribution is 6.29. The molecule has 22 heavy (non-hydrogen) atoms. The standard InChI is InChI=1S/C15H19ClN6/c1-17-14-8-15(20-10-19-14)22-7-3-4-11(22)9-18-13-6-2-5-12(16)21-13/h2,5-6,8,10-11H,3-4,7,9H2,1H3,(H,18,21)(H,17,19,20). The normalized spacial score (nSPS) is 17.5. The van der Waals surface area contributed by atoms with Gasteiger partial charge in [-0.1, -0.05) is 17.7 Å². The minimum absolute atomic E-state index is 0.389. The molecule has 0 radical (unpaired) electrons. The van der Waals surface area contributed by atoms with E-state index in [1.54, 1.807) is 12.4 Å². The van der Waals surface area contributed by atoms with E-state index in [4.69, 9.17) is 11.6 Å². The fourth-order valence-corrected chi connectivity index (χ4v) is 2.88. The van der Waals surface area contributed by atoms with Gasteiger partial charge >= 0.3 is 0 Å². The summed E-state index contributed by atoms with van der Waals surface area (Å²) in [6.07, 6.45) is 3.89. The second-order valence-corrected chi connectivity index (χ2v) is 5.61. The van der Waals surface area contributed by atoms with Gasteiger partial charge in [-0.15, -0.1) is 0 Å². The van der Waals surface area contributed by atoms with Gasteiger partial charge in [0.25, 0.3) is 0 Å². The van der Waals surface area contributed by atoms with Crippen LogP contribution in [-0.2, 0) is 0 Å². The topological polar surface area (TPSA) is 66.0 Å². The minimum Gasteiger partial charge on any atom is -0.373 e. The molecule has 1 aliphatic rings. The molecule has 0 saturated carbocycles. The number of hydrogen-bond donors (Lipinski definition) is 2. The Hall–Kier alpha value is -2.08. The van der Waals surface area contributed by atoms with Gasteiger partial charge in [-0.05, 0) is 25.0 Å². The Morgan fingerprint density at radius 2 is 2.23 bits per heavy atom. The number of nitrogens with one attached hydrogen (secondary N) is 2. The van der Waals surface area contributed by atoms with Crippen LogP contribution < -0.4 is 15.5 Å². The molecule has 6 nitrogen and oxygen atoms in total. The van der Waals surface area contributed by atoms with Crippen molar-refractivity contribution in [3.63, 3.8) is 0 Å². The molecule has 0 aromatic carbocycles. The molecule has 1 fully saturated rings. The number of anilines is 3. The van der Waals surface area contributed by atoms with E-state index in [1.165, 1.54) is 0 Å². The molecule has 0 bridgehead atoms. The Balaban J connectivity index is 1.67. The Labute approximate surface area is 134 Å². The third-order valence-electron chi connectivity index (χ3n) is 3.81. The Morgan fingerprint density at radius 3 is 3.05 bits per heavy atom. The van der Waals surface area contributed by atoms with Crippen LogP contribution in [0.25, 0.3) is 0 Å². The SMILES string of the molecule is CNc1cc(N2CCCC2CNc2cccc(Cl)n2)ncn1. The zero-order valence-corrected chi connectivity index (χ0v) is 13.2. The van der Waals surface area contributed by atoms with Crippen LogP contribution in [0, 0.1) is 0 Å². The number of nitrogens with zero attached hydrogens (tertiary/aromatic N) is 4. The van der Waals surface area contributed by atoms with Crippen LogP contribution in [0.5, 0.6) is 0 Å². The molecule has 3 heterocycles. The lowest BCUT2D eigenvalue weighted by molar-refractivity contribution is 0.689. The van der Waals surface area contributed by atoms with Gasteiger partial charge in [-0.25, -0.2) is 15.0 Å². The van der Waals surface area contributed by atoms with Gasteiger partial charge in [0.05, 0.1) is 0 Å². The van der Waals surface area contributed by atoms with Crippen molar-refractivity contribution in [3.8, 4) is 0 Å². The number of aromatic nitrogens is 3. The third kappa shape index (κ3) is 3.39. The largest absolute Gasteiger partial charge is 0.373 e. The zero-order valence-electron chi connectivity index (χ0n) is 12.5.